The van der Waals surface area contributed by atoms with Gasteiger partial charge in [0.2, 0.25) is 0 Å². The molecule has 0 aromatic carbocycles. The fourth-order valence-corrected chi connectivity index (χ4v) is 2.71. The largest absolute Gasteiger partial charge is 0.328 e. The van der Waals surface area contributed by atoms with Gasteiger partial charge in [-0.1, -0.05) is 11.6 Å². The number of hydrogen-bond acceptors (Lipinski definition) is 3. The van der Waals surface area contributed by atoms with Gasteiger partial charge in [0.25, 0.3) is 0 Å². The van der Waals surface area contributed by atoms with Crippen LogP contribution in [0, 0.1) is 0 Å². The molecule has 2 aromatic heterocycles. The second-order valence-corrected chi connectivity index (χ2v) is 4.89. The van der Waals surface area contributed by atoms with E-state index >= 15 is 0 Å². The first-order valence-corrected chi connectivity index (χ1v) is 6.73. The summed E-state index contributed by atoms with van der Waals surface area (Å²) in [5, 5.41) is 0.610. The third kappa shape index (κ3) is 1.90. The zero-order chi connectivity index (χ0) is 12.5. The Bertz CT molecular complexity index is 576. The molecular formula is C13H15ClN4. The fourth-order valence-electron chi connectivity index (χ4n) is 2.42. The molecule has 2 heterocycles. The van der Waals surface area contributed by atoms with Crippen LogP contribution in [0.4, 0.5) is 0 Å². The van der Waals surface area contributed by atoms with E-state index in [-0.39, 0.29) is 0 Å². The Morgan fingerprint density at radius 2 is 2.11 bits per heavy atom. The summed E-state index contributed by atoms with van der Waals surface area (Å²) in [5.74, 6) is 0.694. The molecule has 94 valence electrons. The predicted octanol–water partition coefficient (Wildman–Crippen LogP) is 2.89. The van der Waals surface area contributed by atoms with E-state index in [1.807, 2.05) is 4.57 Å². The Morgan fingerprint density at radius 3 is 2.94 bits per heavy atom. The average Bonchev–Trinajstić information content (AvgIpc) is 2.87. The number of aromatic nitrogens is 4. The lowest BCUT2D eigenvalue weighted by Gasteiger charge is -2.16. The number of imidazole rings is 1. The highest BCUT2D eigenvalue weighted by molar-refractivity contribution is 6.30. The lowest BCUT2D eigenvalue weighted by atomic mass is 9.97. The van der Waals surface area contributed by atoms with Crippen LogP contribution in [0.3, 0.4) is 0 Å². The first-order chi connectivity index (χ1) is 8.79. The highest BCUT2D eigenvalue weighted by Gasteiger charge is 2.18. The lowest BCUT2D eigenvalue weighted by molar-refractivity contribution is 0.662. The molecule has 0 N–H and O–H groups in total. The molecular weight excluding hydrogens is 248 g/mol. The van der Waals surface area contributed by atoms with Gasteiger partial charge in [-0.2, -0.15) is 0 Å². The molecule has 0 aliphatic heterocycles. The molecule has 5 heteroatoms. The fraction of sp³-hybridized carbons (Fsp3) is 0.462. The summed E-state index contributed by atoms with van der Waals surface area (Å²) in [5.41, 5.74) is 3.18. The van der Waals surface area contributed by atoms with Gasteiger partial charge < -0.3 is 4.57 Å². The van der Waals surface area contributed by atoms with E-state index in [1.54, 1.807) is 12.5 Å². The maximum Gasteiger partial charge on any atom is 0.179 e. The molecule has 3 rings (SSSR count). The van der Waals surface area contributed by atoms with E-state index in [2.05, 4.69) is 21.9 Å². The molecule has 0 spiro atoms. The van der Waals surface area contributed by atoms with E-state index in [9.17, 15) is 0 Å². The van der Waals surface area contributed by atoms with Crippen molar-refractivity contribution in [2.75, 3.05) is 0 Å². The molecule has 4 nitrogen and oxygen atoms in total. The average molecular weight is 263 g/mol. The molecule has 1 aliphatic carbocycles. The Kier molecular flexibility index (Phi) is 3.04. The molecule has 0 fully saturated rings. The summed E-state index contributed by atoms with van der Waals surface area (Å²) in [6, 6.07) is 0. The van der Waals surface area contributed by atoms with Gasteiger partial charge in [-0.3, -0.25) is 0 Å². The molecule has 0 unspecified atom stereocenters. The molecule has 18 heavy (non-hydrogen) atoms. The summed E-state index contributed by atoms with van der Waals surface area (Å²) >= 11 is 6.28. The minimum Gasteiger partial charge on any atom is -0.328 e. The van der Waals surface area contributed by atoms with Crippen molar-refractivity contribution < 1.29 is 0 Å². The normalized spacial score (nSPS) is 14.6. The van der Waals surface area contributed by atoms with E-state index in [4.69, 9.17) is 11.6 Å². The van der Waals surface area contributed by atoms with Crippen molar-refractivity contribution in [1.82, 2.24) is 19.5 Å². The number of fused-ring (bicyclic) bond motifs is 1. The van der Waals surface area contributed by atoms with E-state index in [1.165, 1.54) is 12.8 Å². The van der Waals surface area contributed by atoms with Crippen LogP contribution in [0.25, 0.3) is 11.5 Å². The van der Waals surface area contributed by atoms with Crippen molar-refractivity contribution in [3.63, 3.8) is 0 Å². The van der Waals surface area contributed by atoms with Crippen LogP contribution in [0.1, 0.15) is 31.0 Å². The number of hydrogen-bond donors (Lipinski definition) is 0. The highest BCUT2D eigenvalue weighted by Crippen LogP contribution is 2.27. The molecule has 0 saturated heterocycles. The van der Waals surface area contributed by atoms with Gasteiger partial charge in [-0.05, 0) is 32.6 Å². The van der Waals surface area contributed by atoms with Crippen molar-refractivity contribution in [1.29, 1.82) is 0 Å². The number of halogens is 1. The second kappa shape index (κ2) is 4.69. The van der Waals surface area contributed by atoms with Gasteiger partial charge in [0, 0.05) is 17.8 Å². The summed E-state index contributed by atoms with van der Waals surface area (Å²) in [4.78, 5) is 13.3. The summed E-state index contributed by atoms with van der Waals surface area (Å²) in [6.45, 7) is 2.93. The summed E-state index contributed by atoms with van der Waals surface area (Å²) < 4.78 is 2.03. The summed E-state index contributed by atoms with van der Waals surface area (Å²) in [6.07, 6.45) is 7.97. The second-order valence-electron chi connectivity index (χ2n) is 4.54. The van der Waals surface area contributed by atoms with Crippen molar-refractivity contribution in [3.05, 3.63) is 28.9 Å². The minimum atomic E-state index is 0.610. The third-order valence-electron chi connectivity index (χ3n) is 3.41. The zero-order valence-electron chi connectivity index (χ0n) is 10.4. The van der Waals surface area contributed by atoms with E-state index in [0.29, 0.717) is 11.0 Å². The van der Waals surface area contributed by atoms with Crippen LogP contribution < -0.4 is 0 Å². The quantitative estimate of drug-likeness (QED) is 0.782. The van der Waals surface area contributed by atoms with Crippen LogP contribution >= 0.6 is 11.6 Å². The minimum absolute atomic E-state index is 0.610. The highest BCUT2D eigenvalue weighted by atomic mass is 35.5. The number of aryl methyl sites for hydroxylation is 2. The lowest BCUT2D eigenvalue weighted by Crippen LogP contribution is -2.10. The van der Waals surface area contributed by atoms with Gasteiger partial charge in [0.05, 0.1) is 12.5 Å². The first kappa shape index (κ1) is 11.7. The molecule has 0 atom stereocenters. The molecule has 1 aliphatic rings. The third-order valence-corrected chi connectivity index (χ3v) is 3.73. The SMILES string of the molecule is CCn1cncc1-c1nc(Cl)c2c(n1)CCCC2. The standard InChI is InChI=1S/C13H15ClN4/c1-2-18-8-15-7-11(18)13-16-10-6-4-3-5-9(10)12(14)17-13/h7-8H,2-6H2,1H3. The van der Waals surface area contributed by atoms with E-state index in [0.717, 1.165) is 36.3 Å². The van der Waals surface area contributed by atoms with Crippen molar-refractivity contribution in [3.8, 4) is 11.5 Å². The van der Waals surface area contributed by atoms with Gasteiger partial charge in [-0.25, -0.2) is 15.0 Å². The van der Waals surface area contributed by atoms with Crippen molar-refractivity contribution in [2.45, 2.75) is 39.2 Å². The first-order valence-electron chi connectivity index (χ1n) is 6.35. The maximum absolute atomic E-state index is 6.28. The van der Waals surface area contributed by atoms with Gasteiger partial charge >= 0.3 is 0 Å². The van der Waals surface area contributed by atoms with Crippen molar-refractivity contribution >= 4 is 11.6 Å². The van der Waals surface area contributed by atoms with Crippen LogP contribution in [0.2, 0.25) is 5.15 Å². The van der Waals surface area contributed by atoms with E-state index < -0.39 is 0 Å². The molecule has 0 radical (unpaired) electrons. The molecule has 0 amide bonds. The molecule has 2 aromatic rings. The maximum atomic E-state index is 6.28. The zero-order valence-corrected chi connectivity index (χ0v) is 11.1. The van der Waals surface area contributed by atoms with Crippen LogP contribution in [0.5, 0.6) is 0 Å². The van der Waals surface area contributed by atoms with Crippen molar-refractivity contribution in [2.24, 2.45) is 0 Å². The summed E-state index contributed by atoms with van der Waals surface area (Å²) in [7, 11) is 0. The number of rotatable bonds is 2. The van der Waals surface area contributed by atoms with Crippen LogP contribution in [-0.2, 0) is 19.4 Å². The Labute approximate surface area is 111 Å². The van der Waals surface area contributed by atoms with Crippen LogP contribution in [-0.4, -0.2) is 19.5 Å². The van der Waals surface area contributed by atoms with Gasteiger partial charge in [0.15, 0.2) is 5.82 Å². The Morgan fingerprint density at radius 1 is 1.28 bits per heavy atom. The monoisotopic (exact) mass is 262 g/mol. The van der Waals surface area contributed by atoms with Crippen LogP contribution in [0.15, 0.2) is 12.5 Å². The Balaban J connectivity index is 2.11. The molecule has 0 saturated carbocycles. The Hall–Kier alpha value is -1.42. The molecule has 0 bridgehead atoms. The van der Waals surface area contributed by atoms with Gasteiger partial charge in [-0.15, -0.1) is 0 Å². The van der Waals surface area contributed by atoms with Gasteiger partial charge in [0.1, 0.15) is 10.8 Å². The topological polar surface area (TPSA) is 43.6 Å². The smallest absolute Gasteiger partial charge is 0.179 e. The predicted molar refractivity (Wildman–Crippen MR) is 70.6 cm³/mol. The number of nitrogens with zero attached hydrogens (tertiary/aromatic N) is 4.